The zero-order chi connectivity index (χ0) is 10.4. The highest BCUT2D eigenvalue weighted by molar-refractivity contribution is 7.84. The summed E-state index contributed by atoms with van der Waals surface area (Å²) in [6.45, 7) is 3.31. The standard InChI is InChI=1S/C10H22N2OS/c1-12-7-3-4-10(5-8-12)11-6-9-14(2)13/h10-11H,3-9H2,1-2H3. The van der Waals surface area contributed by atoms with Gasteiger partial charge in [-0.1, -0.05) is 0 Å². The minimum atomic E-state index is -0.654. The van der Waals surface area contributed by atoms with Crippen molar-refractivity contribution in [1.29, 1.82) is 0 Å². The Bertz CT molecular complexity index is 187. The second-order valence-corrected chi connectivity index (χ2v) is 5.72. The van der Waals surface area contributed by atoms with Crippen LogP contribution in [-0.4, -0.2) is 53.8 Å². The molecule has 1 heterocycles. The molecule has 0 aliphatic carbocycles. The van der Waals surface area contributed by atoms with Crippen molar-refractivity contribution in [3.63, 3.8) is 0 Å². The van der Waals surface area contributed by atoms with Gasteiger partial charge in [-0.2, -0.15) is 0 Å². The number of nitrogens with zero attached hydrogens (tertiary/aromatic N) is 1. The summed E-state index contributed by atoms with van der Waals surface area (Å²) in [5, 5.41) is 3.49. The predicted molar refractivity (Wildman–Crippen MR) is 62.1 cm³/mol. The quantitative estimate of drug-likeness (QED) is 0.743. The molecule has 0 radical (unpaired) electrons. The minimum absolute atomic E-state index is 0.642. The summed E-state index contributed by atoms with van der Waals surface area (Å²) in [5.41, 5.74) is 0. The van der Waals surface area contributed by atoms with E-state index in [0.29, 0.717) is 6.04 Å². The zero-order valence-electron chi connectivity index (χ0n) is 9.29. The summed E-state index contributed by atoms with van der Waals surface area (Å²) in [4.78, 5) is 2.39. The van der Waals surface area contributed by atoms with Gasteiger partial charge in [0.15, 0.2) is 0 Å². The molecule has 3 nitrogen and oxygen atoms in total. The first-order chi connectivity index (χ1) is 6.68. The molecular formula is C10H22N2OS. The van der Waals surface area contributed by atoms with Crippen molar-refractivity contribution >= 4 is 10.8 Å². The van der Waals surface area contributed by atoms with Gasteiger partial charge in [0, 0.05) is 35.4 Å². The Morgan fingerprint density at radius 2 is 2.21 bits per heavy atom. The molecule has 2 unspecified atom stereocenters. The summed E-state index contributed by atoms with van der Waals surface area (Å²) in [5.74, 6) is 0.784. The molecule has 1 N–H and O–H groups in total. The van der Waals surface area contributed by atoms with E-state index in [1.165, 1.54) is 32.4 Å². The van der Waals surface area contributed by atoms with Crippen LogP contribution in [0.1, 0.15) is 19.3 Å². The van der Waals surface area contributed by atoms with E-state index in [9.17, 15) is 4.21 Å². The van der Waals surface area contributed by atoms with Crippen LogP contribution in [-0.2, 0) is 10.8 Å². The Labute approximate surface area is 89.7 Å². The average molecular weight is 218 g/mol. The van der Waals surface area contributed by atoms with Crippen molar-refractivity contribution in [1.82, 2.24) is 10.2 Å². The summed E-state index contributed by atoms with van der Waals surface area (Å²) in [6, 6.07) is 0.642. The van der Waals surface area contributed by atoms with Crippen LogP contribution in [0.2, 0.25) is 0 Å². The highest BCUT2D eigenvalue weighted by Crippen LogP contribution is 2.08. The van der Waals surface area contributed by atoms with E-state index in [-0.39, 0.29) is 0 Å². The van der Waals surface area contributed by atoms with Gasteiger partial charge in [0.25, 0.3) is 0 Å². The number of rotatable bonds is 4. The fourth-order valence-electron chi connectivity index (χ4n) is 1.85. The number of nitrogens with one attached hydrogen (secondary N) is 1. The lowest BCUT2D eigenvalue weighted by Crippen LogP contribution is -2.33. The van der Waals surface area contributed by atoms with Crippen LogP contribution >= 0.6 is 0 Å². The lowest BCUT2D eigenvalue weighted by atomic mass is 10.1. The highest BCUT2D eigenvalue weighted by Gasteiger charge is 2.13. The lowest BCUT2D eigenvalue weighted by molar-refractivity contribution is 0.344. The molecule has 1 aliphatic rings. The van der Waals surface area contributed by atoms with Gasteiger partial charge >= 0.3 is 0 Å². The maximum absolute atomic E-state index is 10.9. The highest BCUT2D eigenvalue weighted by atomic mass is 32.2. The number of hydrogen-bond donors (Lipinski definition) is 1. The summed E-state index contributed by atoms with van der Waals surface area (Å²) < 4.78 is 10.9. The summed E-state index contributed by atoms with van der Waals surface area (Å²) >= 11 is 0. The van der Waals surface area contributed by atoms with Gasteiger partial charge in [-0.15, -0.1) is 0 Å². The molecule has 1 saturated heterocycles. The lowest BCUT2D eigenvalue weighted by Gasteiger charge is -2.16. The van der Waals surface area contributed by atoms with E-state index in [1.807, 2.05) is 0 Å². The fraction of sp³-hybridized carbons (Fsp3) is 1.00. The van der Waals surface area contributed by atoms with Gasteiger partial charge in [0.05, 0.1) is 0 Å². The third-order valence-electron chi connectivity index (χ3n) is 2.77. The Hall–Kier alpha value is 0.0700. The Morgan fingerprint density at radius 1 is 1.43 bits per heavy atom. The van der Waals surface area contributed by atoms with Crippen molar-refractivity contribution < 1.29 is 4.21 Å². The van der Waals surface area contributed by atoms with Crippen LogP contribution in [0.3, 0.4) is 0 Å². The molecule has 0 aromatic carbocycles. The van der Waals surface area contributed by atoms with Gasteiger partial charge < -0.3 is 10.2 Å². The number of likely N-dealkylation sites (tertiary alicyclic amines) is 1. The minimum Gasteiger partial charge on any atom is -0.313 e. The van der Waals surface area contributed by atoms with Crippen LogP contribution in [0.15, 0.2) is 0 Å². The van der Waals surface area contributed by atoms with Crippen LogP contribution in [0.4, 0.5) is 0 Å². The van der Waals surface area contributed by atoms with Crippen molar-refractivity contribution in [3.05, 3.63) is 0 Å². The molecule has 1 fully saturated rings. The molecule has 0 spiro atoms. The molecule has 4 heteroatoms. The van der Waals surface area contributed by atoms with Crippen LogP contribution in [0, 0.1) is 0 Å². The molecule has 0 saturated carbocycles. The molecule has 2 atom stereocenters. The third kappa shape index (κ3) is 5.08. The van der Waals surface area contributed by atoms with Crippen molar-refractivity contribution in [3.8, 4) is 0 Å². The molecule has 84 valence electrons. The molecule has 0 aromatic heterocycles. The van der Waals surface area contributed by atoms with Crippen LogP contribution in [0.5, 0.6) is 0 Å². The SMILES string of the molecule is CN1CCCC(NCCS(C)=O)CC1. The van der Waals surface area contributed by atoms with Gasteiger partial charge in [-0.05, 0) is 39.4 Å². The first-order valence-corrected chi connectivity index (χ1v) is 7.13. The fourth-order valence-corrected chi connectivity index (χ4v) is 2.26. The predicted octanol–water partition coefficient (Wildman–Crippen LogP) is 0.439. The first-order valence-electron chi connectivity index (χ1n) is 5.40. The summed E-state index contributed by atoms with van der Waals surface area (Å²) in [6.07, 6.45) is 5.54. The van der Waals surface area contributed by atoms with E-state index in [0.717, 1.165) is 12.3 Å². The first kappa shape index (κ1) is 12.1. The Morgan fingerprint density at radius 3 is 2.93 bits per heavy atom. The maximum atomic E-state index is 10.9. The van der Waals surface area contributed by atoms with Crippen LogP contribution in [0.25, 0.3) is 0 Å². The van der Waals surface area contributed by atoms with Gasteiger partial charge in [-0.25, -0.2) is 0 Å². The molecule has 0 bridgehead atoms. The largest absolute Gasteiger partial charge is 0.313 e. The van der Waals surface area contributed by atoms with Gasteiger partial charge in [-0.3, -0.25) is 4.21 Å². The smallest absolute Gasteiger partial charge is 0.0357 e. The van der Waals surface area contributed by atoms with E-state index in [2.05, 4.69) is 17.3 Å². The van der Waals surface area contributed by atoms with Crippen molar-refractivity contribution in [2.45, 2.75) is 25.3 Å². The van der Waals surface area contributed by atoms with E-state index in [4.69, 9.17) is 0 Å². The molecular weight excluding hydrogens is 196 g/mol. The summed E-state index contributed by atoms with van der Waals surface area (Å²) in [7, 11) is 1.53. The van der Waals surface area contributed by atoms with E-state index >= 15 is 0 Å². The number of hydrogen-bond acceptors (Lipinski definition) is 3. The van der Waals surface area contributed by atoms with Crippen molar-refractivity contribution in [2.75, 3.05) is 38.7 Å². The average Bonchev–Trinajstić information content (AvgIpc) is 2.30. The monoisotopic (exact) mass is 218 g/mol. The molecule has 1 rings (SSSR count). The maximum Gasteiger partial charge on any atom is 0.0357 e. The Kier molecular flexibility index (Phi) is 5.67. The molecule has 1 aliphatic heterocycles. The van der Waals surface area contributed by atoms with Crippen molar-refractivity contribution in [2.24, 2.45) is 0 Å². The van der Waals surface area contributed by atoms with Crippen LogP contribution < -0.4 is 5.32 Å². The van der Waals surface area contributed by atoms with Gasteiger partial charge in [0.2, 0.25) is 0 Å². The van der Waals surface area contributed by atoms with E-state index in [1.54, 1.807) is 6.26 Å². The zero-order valence-corrected chi connectivity index (χ0v) is 10.1. The molecule has 0 aromatic rings. The molecule has 14 heavy (non-hydrogen) atoms. The normalized spacial score (nSPS) is 27.1. The van der Waals surface area contributed by atoms with E-state index < -0.39 is 10.8 Å². The Balaban J connectivity index is 2.14. The second kappa shape index (κ2) is 6.53. The molecule has 0 amide bonds. The topological polar surface area (TPSA) is 32.3 Å². The third-order valence-corrected chi connectivity index (χ3v) is 3.55. The van der Waals surface area contributed by atoms with Gasteiger partial charge in [0.1, 0.15) is 0 Å². The second-order valence-electron chi connectivity index (χ2n) is 4.16.